The SMILES string of the molecule is CCCCc1ccc(NC(=O)CCc2ccccc2)c(=O)n1OC(C)=O. The maximum absolute atomic E-state index is 12.6. The van der Waals surface area contributed by atoms with E-state index in [4.69, 9.17) is 4.84 Å². The number of hydrogen-bond acceptors (Lipinski definition) is 4. The molecule has 0 atom stereocenters. The molecule has 0 saturated heterocycles. The summed E-state index contributed by atoms with van der Waals surface area (Å²) >= 11 is 0. The molecule has 0 saturated carbocycles. The highest BCUT2D eigenvalue weighted by molar-refractivity contribution is 5.90. The molecule has 6 nitrogen and oxygen atoms in total. The molecule has 0 spiro atoms. The Balaban J connectivity index is 2.11. The zero-order valence-electron chi connectivity index (χ0n) is 15.2. The van der Waals surface area contributed by atoms with E-state index in [9.17, 15) is 14.4 Å². The van der Waals surface area contributed by atoms with Crippen molar-refractivity contribution in [2.45, 2.75) is 46.0 Å². The molecule has 6 heteroatoms. The maximum atomic E-state index is 12.6. The van der Waals surface area contributed by atoms with Gasteiger partial charge in [-0.2, -0.15) is 0 Å². The molecule has 0 radical (unpaired) electrons. The van der Waals surface area contributed by atoms with Crippen LogP contribution in [0, 0.1) is 0 Å². The van der Waals surface area contributed by atoms with Crippen LogP contribution in [0.2, 0.25) is 0 Å². The summed E-state index contributed by atoms with van der Waals surface area (Å²) in [5.41, 5.74) is 1.22. The second-order valence-corrected chi connectivity index (χ2v) is 6.06. The van der Waals surface area contributed by atoms with Crippen LogP contribution in [0.25, 0.3) is 0 Å². The van der Waals surface area contributed by atoms with Crippen molar-refractivity contribution in [3.05, 3.63) is 64.1 Å². The first-order chi connectivity index (χ1) is 12.5. The Hall–Kier alpha value is -2.89. The van der Waals surface area contributed by atoms with Gasteiger partial charge in [-0.25, -0.2) is 4.79 Å². The molecule has 0 aliphatic rings. The fourth-order valence-corrected chi connectivity index (χ4v) is 2.54. The number of carbonyl (C=O) groups is 2. The van der Waals surface area contributed by atoms with Gasteiger partial charge in [0.05, 0.1) is 5.69 Å². The first-order valence-corrected chi connectivity index (χ1v) is 8.79. The third-order valence-electron chi connectivity index (χ3n) is 3.88. The minimum Gasteiger partial charge on any atom is -0.333 e. The maximum Gasteiger partial charge on any atom is 0.330 e. The van der Waals surface area contributed by atoms with E-state index in [-0.39, 0.29) is 18.0 Å². The van der Waals surface area contributed by atoms with Gasteiger partial charge in [-0.3, -0.25) is 9.59 Å². The van der Waals surface area contributed by atoms with Crippen molar-refractivity contribution >= 4 is 17.6 Å². The van der Waals surface area contributed by atoms with Crippen molar-refractivity contribution < 1.29 is 14.4 Å². The summed E-state index contributed by atoms with van der Waals surface area (Å²) < 4.78 is 0.977. The Bertz CT molecular complexity index is 812. The number of pyridine rings is 1. The monoisotopic (exact) mass is 356 g/mol. The lowest BCUT2D eigenvalue weighted by Crippen LogP contribution is -2.34. The van der Waals surface area contributed by atoms with Crippen LogP contribution in [0.15, 0.2) is 47.3 Å². The predicted molar refractivity (Wildman–Crippen MR) is 100.0 cm³/mol. The number of hydrogen-bond donors (Lipinski definition) is 1. The van der Waals surface area contributed by atoms with Gasteiger partial charge in [0.2, 0.25) is 5.91 Å². The second-order valence-electron chi connectivity index (χ2n) is 6.06. The normalized spacial score (nSPS) is 10.4. The van der Waals surface area contributed by atoms with Crippen molar-refractivity contribution in [2.75, 3.05) is 5.32 Å². The number of carbonyl (C=O) groups excluding carboxylic acids is 2. The summed E-state index contributed by atoms with van der Waals surface area (Å²) in [5.74, 6) is -0.848. The molecule has 1 N–H and O–H groups in total. The highest BCUT2D eigenvalue weighted by atomic mass is 16.7. The summed E-state index contributed by atoms with van der Waals surface area (Å²) in [6.45, 7) is 3.27. The van der Waals surface area contributed by atoms with Crippen LogP contribution in [0.1, 0.15) is 44.4 Å². The van der Waals surface area contributed by atoms with Crippen molar-refractivity contribution in [3.63, 3.8) is 0 Å². The topological polar surface area (TPSA) is 77.4 Å². The van der Waals surface area contributed by atoms with Crippen LogP contribution >= 0.6 is 0 Å². The molecule has 0 aliphatic heterocycles. The lowest BCUT2D eigenvalue weighted by Gasteiger charge is -2.13. The van der Waals surface area contributed by atoms with E-state index < -0.39 is 11.5 Å². The van der Waals surface area contributed by atoms with E-state index in [0.717, 1.165) is 23.1 Å². The highest BCUT2D eigenvalue weighted by Crippen LogP contribution is 2.09. The lowest BCUT2D eigenvalue weighted by molar-refractivity contribution is -0.142. The number of unbranched alkanes of at least 4 members (excludes halogenated alkanes) is 1. The zero-order valence-corrected chi connectivity index (χ0v) is 15.2. The molecule has 26 heavy (non-hydrogen) atoms. The molecule has 0 aliphatic carbocycles. The summed E-state index contributed by atoms with van der Waals surface area (Å²) in [4.78, 5) is 41.1. The summed E-state index contributed by atoms with van der Waals surface area (Å²) in [6, 6.07) is 12.9. The standard InChI is InChI=1S/C20H24N2O4/c1-3-4-10-17-12-13-18(20(25)22(17)26-15(2)23)21-19(24)14-11-16-8-6-5-7-9-16/h5-9,12-13H,3-4,10-11,14H2,1-2H3,(H,21,24). The van der Waals surface area contributed by atoms with E-state index >= 15 is 0 Å². The minimum absolute atomic E-state index is 0.101. The number of nitrogens with one attached hydrogen (secondary N) is 1. The van der Waals surface area contributed by atoms with E-state index in [1.807, 2.05) is 37.3 Å². The number of aromatic nitrogens is 1. The number of rotatable bonds is 8. The molecule has 2 aromatic rings. The van der Waals surface area contributed by atoms with Crippen LogP contribution in [0.3, 0.4) is 0 Å². The average Bonchev–Trinajstić information content (AvgIpc) is 2.63. The van der Waals surface area contributed by atoms with Crippen molar-refractivity contribution in [3.8, 4) is 0 Å². The average molecular weight is 356 g/mol. The Kier molecular flexibility index (Phi) is 7.14. The fourth-order valence-electron chi connectivity index (χ4n) is 2.54. The van der Waals surface area contributed by atoms with Gasteiger partial charge in [0, 0.05) is 13.3 Å². The first-order valence-electron chi connectivity index (χ1n) is 8.79. The predicted octanol–water partition coefficient (Wildman–Crippen LogP) is 2.74. The molecule has 0 bridgehead atoms. The van der Waals surface area contributed by atoms with Crippen LogP contribution in [-0.4, -0.2) is 16.6 Å². The molecule has 138 valence electrons. The number of amides is 1. The Morgan fingerprint density at radius 2 is 1.81 bits per heavy atom. The van der Waals surface area contributed by atoms with Crippen molar-refractivity contribution in [1.29, 1.82) is 0 Å². The van der Waals surface area contributed by atoms with Crippen LogP contribution in [-0.2, 0) is 22.4 Å². The molecule has 0 fully saturated rings. The number of nitrogens with zero attached hydrogens (tertiary/aromatic N) is 1. The van der Waals surface area contributed by atoms with E-state index in [1.54, 1.807) is 12.1 Å². The van der Waals surface area contributed by atoms with E-state index in [1.165, 1.54) is 6.92 Å². The van der Waals surface area contributed by atoms with Crippen LogP contribution in [0.4, 0.5) is 5.69 Å². The zero-order chi connectivity index (χ0) is 18.9. The highest BCUT2D eigenvalue weighted by Gasteiger charge is 2.13. The first kappa shape index (κ1) is 19.4. The van der Waals surface area contributed by atoms with Crippen LogP contribution in [0.5, 0.6) is 0 Å². The molecule has 1 aromatic carbocycles. The fraction of sp³-hybridized carbons (Fsp3) is 0.350. The lowest BCUT2D eigenvalue weighted by atomic mass is 10.1. The van der Waals surface area contributed by atoms with Gasteiger partial charge in [-0.05, 0) is 37.0 Å². The smallest absolute Gasteiger partial charge is 0.330 e. The Labute approximate surface area is 152 Å². The van der Waals surface area contributed by atoms with Gasteiger partial charge < -0.3 is 10.2 Å². The molecule has 1 amide bonds. The number of benzene rings is 1. The van der Waals surface area contributed by atoms with Gasteiger partial charge >= 0.3 is 11.5 Å². The van der Waals surface area contributed by atoms with Gasteiger partial charge in [0.1, 0.15) is 5.69 Å². The molecule has 1 heterocycles. The van der Waals surface area contributed by atoms with E-state index in [2.05, 4.69) is 5.32 Å². The van der Waals surface area contributed by atoms with Gasteiger partial charge in [-0.15, -0.1) is 4.73 Å². The Morgan fingerprint density at radius 3 is 2.46 bits per heavy atom. The third kappa shape index (κ3) is 5.58. The van der Waals surface area contributed by atoms with Gasteiger partial charge in [0.25, 0.3) is 0 Å². The summed E-state index contributed by atoms with van der Waals surface area (Å²) in [5, 5.41) is 2.61. The second kappa shape index (κ2) is 9.56. The third-order valence-corrected chi connectivity index (χ3v) is 3.88. The minimum atomic E-state index is -0.586. The number of aryl methyl sites for hydroxylation is 2. The van der Waals surface area contributed by atoms with Crippen LogP contribution < -0.4 is 15.7 Å². The van der Waals surface area contributed by atoms with Gasteiger partial charge in [0.15, 0.2) is 0 Å². The largest absolute Gasteiger partial charge is 0.333 e. The molecule has 1 aromatic heterocycles. The summed E-state index contributed by atoms with van der Waals surface area (Å²) in [6.07, 6.45) is 3.27. The molecule has 2 rings (SSSR count). The summed E-state index contributed by atoms with van der Waals surface area (Å²) in [7, 11) is 0. The van der Waals surface area contributed by atoms with E-state index in [0.29, 0.717) is 18.5 Å². The number of anilines is 1. The molecule has 0 unspecified atom stereocenters. The molecular weight excluding hydrogens is 332 g/mol. The quantitative estimate of drug-likeness (QED) is 0.789. The Morgan fingerprint density at radius 1 is 1.08 bits per heavy atom. The van der Waals surface area contributed by atoms with Crippen molar-refractivity contribution in [1.82, 2.24) is 4.73 Å². The van der Waals surface area contributed by atoms with Crippen molar-refractivity contribution in [2.24, 2.45) is 0 Å². The van der Waals surface area contributed by atoms with Gasteiger partial charge in [-0.1, -0.05) is 43.7 Å². The molecular formula is C20H24N2O4.